The summed E-state index contributed by atoms with van der Waals surface area (Å²) in [6.07, 6.45) is 0. The highest BCUT2D eigenvalue weighted by atomic mass is 15.3. The molecule has 3 aromatic rings. The molecule has 0 spiro atoms. The second-order valence-electron chi connectivity index (χ2n) is 4.93. The number of guanidine groups is 1. The predicted octanol–water partition coefficient (Wildman–Crippen LogP) is 2.99. The lowest BCUT2D eigenvalue weighted by molar-refractivity contribution is 1.20. The first kappa shape index (κ1) is 13.1. The lowest BCUT2D eigenvalue weighted by Crippen LogP contribution is -2.22. The summed E-state index contributed by atoms with van der Waals surface area (Å²) < 4.78 is 0. The molecular formula is C17H16N4. The lowest BCUT2D eigenvalue weighted by Gasteiger charge is -2.06. The van der Waals surface area contributed by atoms with Crippen molar-refractivity contribution in [2.45, 2.75) is 6.92 Å². The molecule has 4 heteroatoms. The van der Waals surface area contributed by atoms with Crippen LogP contribution in [0, 0.1) is 0 Å². The van der Waals surface area contributed by atoms with Gasteiger partial charge in [-0.1, -0.05) is 48.5 Å². The molecule has 0 saturated heterocycles. The molecule has 0 aliphatic heterocycles. The topological polar surface area (TPSA) is 76.8 Å². The highest BCUT2D eigenvalue weighted by Gasteiger charge is 2.03. The zero-order valence-electron chi connectivity index (χ0n) is 11.7. The Bertz CT molecular complexity index is 874. The van der Waals surface area contributed by atoms with Crippen LogP contribution in [-0.4, -0.2) is 11.7 Å². The Kier molecular flexibility index (Phi) is 3.28. The minimum atomic E-state index is -0.0411. The normalized spacial score (nSPS) is 11.8. The van der Waals surface area contributed by atoms with Gasteiger partial charge < -0.3 is 11.5 Å². The number of fused-ring (bicyclic) bond motifs is 3. The van der Waals surface area contributed by atoms with Gasteiger partial charge in [-0.3, -0.25) is 0 Å². The largest absolute Gasteiger partial charge is 0.369 e. The van der Waals surface area contributed by atoms with Gasteiger partial charge in [-0.25, -0.2) is 0 Å². The van der Waals surface area contributed by atoms with Crippen LogP contribution in [0.2, 0.25) is 0 Å². The number of nitrogens with zero attached hydrogens (tertiary/aromatic N) is 2. The van der Waals surface area contributed by atoms with Gasteiger partial charge in [0.2, 0.25) is 5.96 Å². The van der Waals surface area contributed by atoms with E-state index in [1.807, 2.05) is 19.1 Å². The molecule has 0 saturated carbocycles. The molecule has 21 heavy (non-hydrogen) atoms. The number of nitrogens with two attached hydrogens (primary N) is 2. The molecule has 0 atom stereocenters. The van der Waals surface area contributed by atoms with Crippen LogP contribution >= 0.6 is 0 Å². The first-order valence-electron chi connectivity index (χ1n) is 6.70. The van der Waals surface area contributed by atoms with E-state index in [1.54, 1.807) is 0 Å². The minimum absolute atomic E-state index is 0.0411. The van der Waals surface area contributed by atoms with Gasteiger partial charge in [0.1, 0.15) is 0 Å². The standard InChI is InChI=1S/C17H16N4/c1-11(20-21-17(18)19)14-9-8-13-7-6-12-4-2-3-5-15(12)16(13)10-14/h2-10H,1H3,(H4,18,19,21). The van der Waals surface area contributed by atoms with Gasteiger partial charge >= 0.3 is 0 Å². The molecule has 0 aliphatic carbocycles. The predicted molar refractivity (Wildman–Crippen MR) is 89.5 cm³/mol. The van der Waals surface area contributed by atoms with Crippen molar-refractivity contribution >= 4 is 33.2 Å². The molecule has 3 rings (SSSR count). The summed E-state index contributed by atoms with van der Waals surface area (Å²) in [6, 6.07) is 18.8. The number of rotatable bonds is 2. The number of benzene rings is 3. The number of hydrogen-bond donors (Lipinski definition) is 2. The van der Waals surface area contributed by atoms with E-state index in [4.69, 9.17) is 11.5 Å². The van der Waals surface area contributed by atoms with Crippen molar-refractivity contribution in [1.82, 2.24) is 0 Å². The fourth-order valence-electron chi connectivity index (χ4n) is 2.42. The van der Waals surface area contributed by atoms with Crippen molar-refractivity contribution in [1.29, 1.82) is 0 Å². The third-order valence-electron chi connectivity index (χ3n) is 3.48. The summed E-state index contributed by atoms with van der Waals surface area (Å²) >= 11 is 0. The molecule has 0 bridgehead atoms. The Morgan fingerprint density at radius 1 is 0.810 bits per heavy atom. The van der Waals surface area contributed by atoms with Gasteiger partial charge in [0, 0.05) is 0 Å². The molecule has 0 amide bonds. The highest BCUT2D eigenvalue weighted by molar-refractivity contribution is 6.10. The zero-order chi connectivity index (χ0) is 14.8. The Balaban J connectivity index is 2.21. The summed E-state index contributed by atoms with van der Waals surface area (Å²) in [4.78, 5) is 0. The van der Waals surface area contributed by atoms with E-state index in [2.05, 4.69) is 52.7 Å². The molecule has 4 N–H and O–H groups in total. The van der Waals surface area contributed by atoms with Crippen molar-refractivity contribution in [2.24, 2.45) is 21.7 Å². The SMILES string of the molecule is CC(=NN=C(N)N)c1ccc2ccc3ccccc3c2c1. The minimum Gasteiger partial charge on any atom is -0.369 e. The fraction of sp³-hybridized carbons (Fsp3) is 0.0588. The van der Waals surface area contributed by atoms with Crippen LogP contribution in [0.3, 0.4) is 0 Å². The Morgan fingerprint density at radius 3 is 2.24 bits per heavy atom. The van der Waals surface area contributed by atoms with E-state index >= 15 is 0 Å². The third kappa shape index (κ3) is 2.56. The van der Waals surface area contributed by atoms with Crippen LogP contribution in [0.25, 0.3) is 21.5 Å². The quantitative estimate of drug-likeness (QED) is 0.327. The average Bonchev–Trinajstić information content (AvgIpc) is 2.52. The third-order valence-corrected chi connectivity index (χ3v) is 3.48. The van der Waals surface area contributed by atoms with E-state index in [-0.39, 0.29) is 5.96 Å². The fourth-order valence-corrected chi connectivity index (χ4v) is 2.42. The van der Waals surface area contributed by atoms with Crippen molar-refractivity contribution in [3.8, 4) is 0 Å². The maximum Gasteiger partial charge on any atom is 0.211 e. The van der Waals surface area contributed by atoms with Crippen LogP contribution in [0.15, 0.2) is 64.8 Å². The van der Waals surface area contributed by atoms with Crippen LogP contribution in [0.4, 0.5) is 0 Å². The van der Waals surface area contributed by atoms with E-state index < -0.39 is 0 Å². The molecular weight excluding hydrogens is 260 g/mol. The number of hydrogen-bond acceptors (Lipinski definition) is 2. The van der Waals surface area contributed by atoms with E-state index in [1.165, 1.54) is 21.5 Å². The zero-order valence-corrected chi connectivity index (χ0v) is 11.7. The Hall–Kier alpha value is -2.88. The monoisotopic (exact) mass is 276 g/mol. The summed E-state index contributed by atoms with van der Waals surface area (Å²) in [5.41, 5.74) is 12.4. The summed E-state index contributed by atoms with van der Waals surface area (Å²) in [5, 5.41) is 12.6. The van der Waals surface area contributed by atoms with Crippen LogP contribution < -0.4 is 11.5 Å². The summed E-state index contributed by atoms with van der Waals surface area (Å²) in [5.74, 6) is -0.0411. The van der Waals surface area contributed by atoms with Crippen molar-refractivity contribution in [2.75, 3.05) is 0 Å². The molecule has 104 valence electrons. The molecule has 0 radical (unpaired) electrons. The van der Waals surface area contributed by atoms with Crippen LogP contribution in [0.5, 0.6) is 0 Å². The van der Waals surface area contributed by atoms with Crippen LogP contribution in [0.1, 0.15) is 12.5 Å². The van der Waals surface area contributed by atoms with Gasteiger partial charge in [0.15, 0.2) is 0 Å². The van der Waals surface area contributed by atoms with Crippen LogP contribution in [-0.2, 0) is 0 Å². The molecule has 0 fully saturated rings. The molecule has 0 heterocycles. The Labute approximate surface area is 122 Å². The van der Waals surface area contributed by atoms with Gasteiger partial charge in [-0.05, 0) is 40.1 Å². The van der Waals surface area contributed by atoms with E-state index in [0.29, 0.717) is 0 Å². The van der Waals surface area contributed by atoms with E-state index in [9.17, 15) is 0 Å². The van der Waals surface area contributed by atoms with Gasteiger partial charge in [0.25, 0.3) is 0 Å². The van der Waals surface area contributed by atoms with Gasteiger partial charge in [0.05, 0.1) is 5.71 Å². The van der Waals surface area contributed by atoms with Gasteiger partial charge in [-0.2, -0.15) is 5.10 Å². The first-order chi connectivity index (χ1) is 10.1. The Morgan fingerprint density at radius 2 is 1.48 bits per heavy atom. The maximum absolute atomic E-state index is 5.30. The van der Waals surface area contributed by atoms with Crippen molar-refractivity contribution < 1.29 is 0 Å². The molecule has 0 aliphatic rings. The second-order valence-corrected chi connectivity index (χ2v) is 4.93. The van der Waals surface area contributed by atoms with Gasteiger partial charge in [-0.15, -0.1) is 5.10 Å². The highest BCUT2D eigenvalue weighted by Crippen LogP contribution is 2.26. The summed E-state index contributed by atoms with van der Waals surface area (Å²) in [6.45, 7) is 1.89. The molecule has 3 aromatic carbocycles. The van der Waals surface area contributed by atoms with Crippen molar-refractivity contribution in [3.05, 3.63) is 60.2 Å². The van der Waals surface area contributed by atoms with Crippen molar-refractivity contribution in [3.63, 3.8) is 0 Å². The summed E-state index contributed by atoms with van der Waals surface area (Å²) in [7, 11) is 0. The first-order valence-corrected chi connectivity index (χ1v) is 6.70. The molecule has 4 nitrogen and oxygen atoms in total. The molecule has 0 aromatic heterocycles. The smallest absolute Gasteiger partial charge is 0.211 e. The maximum atomic E-state index is 5.30. The second kappa shape index (κ2) is 5.25. The average molecular weight is 276 g/mol. The lowest BCUT2D eigenvalue weighted by atomic mass is 9.99. The molecule has 0 unspecified atom stereocenters. The van der Waals surface area contributed by atoms with E-state index in [0.717, 1.165) is 11.3 Å².